The van der Waals surface area contributed by atoms with Crippen molar-refractivity contribution in [2.24, 2.45) is 0 Å². The highest BCUT2D eigenvalue weighted by Crippen LogP contribution is 2.32. The number of phenolic OH excluding ortho intramolecular Hbond substituents is 1. The van der Waals surface area contributed by atoms with Gasteiger partial charge in [-0.1, -0.05) is 48.5 Å². The number of benzene rings is 3. The largest absolute Gasteiger partial charge is 0.508 e. The van der Waals surface area contributed by atoms with Crippen molar-refractivity contribution in [3.8, 4) is 11.5 Å². The molecule has 1 N–H and O–H groups in total. The maximum Gasteiger partial charge on any atom is 0.139 e. The molecule has 26 heavy (non-hydrogen) atoms. The summed E-state index contributed by atoms with van der Waals surface area (Å²) in [5, 5.41) is 9.48. The van der Waals surface area contributed by atoms with Crippen LogP contribution < -0.4 is 4.74 Å². The van der Waals surface area contributed by atoms with Crippen LogP contribution in [-0.4, -0.2) is 16.6 Å². The van der Waals surface area contributed by atoms with Gasteiger partial charge in [-0.2, -0.15) is 0 Å². The number of ether oxygens (including phenoxy) is 1. The third kappa shape index (κ3) is 3.55. The number of phenols is 1. The van der Waals surface area contributed by atoms with Gasteiger partial charge in [0.1, 0.15) is 23.4 Å². The van der Waals surface area contributed by atoms with Crippen molar-refractivity contribution in [2.45, 2.75) is 19.2 Å². The van der Waals surface area contributed by atoms with Crippen LogP contribution in [0.1, 0.15) is 22.8 Å². The van der Waals surface area contributed by atoms with E-state index in [9.17, 15) is 9.50 Å². The van der Waals surface area contributed by atoms with E-state index in [1.165, 1.54) is 6.07 Å². The first-order valence-corrected chi connectivity index (χ1v) is 8.68. The summed E-state index contributed by atoms with van der Waals surface area (Å²) >= 11 is 0. The van der Waals surface area contributed by atoms with Gasteiger partial charge in [0.25, 0.3) is 0 Å². The lowest BCUT2D eigenvalue weighted by Crippen LogP contribution is -2.28. The number of hydrogen-bond donors (Lipinski definition) is 1. The second-order valence-electron chi connectivity index (χ2n) is 6.57. The van der Waals surface area contributed by atoms with Gasteiger partial charge in [0.05, 0.1) is 0 Å². The van der Waals surface area contributed by atoms with E-state index in [1.54, 1.807) is 24.3 Å². The lowest BCUT2D eigenvalue weighted by molar-refractivity contribution is 0.140. The van der Waals surface area contributed by atoms with Gasteiger partial charge in [0, 0.05) is 30.8 Å². The van der Waals surface area contributed by atoms with Crippen LogP contribution in [0.5, 0.6) is 11.5 Å². The molecule has 1 aliphatic heterocycles. The average molecular weight is 349 g/mol. The number of fused-ring (bicyclic) bond motifs is 1. The zero-order valence-corrected chi connectivity index (χ0v) is 14.3. The molecule has 1 aliphatic rings. The van der Waals surface area contributed by atoms with E-state index in [4.69, 9.17) is 4.74 Å². The molecular weight excluding hydrogens is 329 g/mol. The molecule has 1 heterocycles. The van der Waals surface area contributed by atoms with Gasteiger partial charge in [0.15, 0.2) is 0 Å². The molecule has 1 unspecified atom stereocenters. The van der Waals surface area contributed by atoms with Crippen LogP contribution in [-0.2, 0) is 13.1 Å². The minimum Gasteiger partial charge on any atom is -0.508 e. The van der Waals surface area contributed by atoms with Crippen molar-refractivity contribution < 1.29 is 14.2 Å². The average Bonchev–Trinajstić information content (AvgIpc) is 2.83. The minimum absolute atomic E-state index is 0.249. The number of para-hydroxylation sites is 1. The summed E-state index contributed by atoms with van der Waals surface area (Å²) in [6, 6.07) is 21.9. The second-order valence-corrected chi connectivity index (χ2v) is 6.57. The fraction of sp³-hybridized carbons (Fsp3) is 0.182. The second kappa shape index (κ2) is 7.18. The van der Waals surface area contributed by atoms with Crippen LogP contribution in [0.15, 0.2) is 72.8 Å². The van der Waals surface area contributed by atoms with E-state index in [0.717, 1.165) is 23.4 Å². The van der Waals surface area contributed by atoms with E-state index in [1.807, 2.05) is 42.5 Å². The Balaban J connectivity index is 1.66. The predicted octanol–water partition coefficient (Wildman–Crippen LogP) is 4.67. The Morgan fingerprint density at radius 1 is 0.962 bits per heavy atom. The molecule has 0 saturated carbocycles. The number of nitrogens with zero attached hydrogens (tertiary/aromatic N) is 1. The lowest BCUT2D eigenvalue weighted by atomic mass is 10.1. The van der Waals surface area contributed by atoms with E-state index in [2.05, 4.69) is 4.90 Å². The summed E-state index contributed by atoms with van der Waals surface area (Å²) < 4.78 is 20.5. The van der Waals surface area contributed by atoms with Gasteiger partial charge >= 0.3 is 0 Å². The Morgan fingerprint density at radius 2 is 1.69 bits per heavy atom. The summed E-state index contributed by atoms with van der Waals surface area (Å²) in [6.07, 6.45) is -0.378. The molecule has 132 valence electrons. The number of aromatic hydroxyl groups is 1. The summed E-state index contributed by atoms with van der Waals surface area (Å²) in [7, 11) is 0. The Bertz CT molecular complexity index is 895. The fourth-order valence-corrected chi connectivity index (χ4v) is 3.36. The summed E-state index contributed by atoms with van der Waals surface area (Å²) in [5.41, 5.74) is 2.75. The standard InChI is InChI=1S/C22H20FNO2/c23-20-7-3-2-6-19(20)22-15-24(13-16-9-11-18(25)12-10-16)14-17-5-1-4-8-21(17)26-22/h1-12,22,25H,13-15H2. The Labute approximate surface area is 152 Å². The molecule has 3 nitrogen and oxygen atoms in total. The number of halogens is 1. The number of hydrogen-bond acceptors (Lipinski definition) is 3. The van der Waals surface area contributed by atoms with Crippen molar-refractivity contribution in [3.63, 3.8) is 0 Å². The first-order chi connectivity index (χ1) is 12.7. The van der Waals surface area contributed by atoms with Gasteiger partial charge in [-0.3, -0.25) is 4.90 Å². The normalized spacial score (nSPS) is 17.2. The Morgan fingerprint density at radius 3 is 2.50 bits per heavy atom. The maximum absolute atomic E-state index is 14.4. The topological polar surface area (TPSA) is 32.7 Å². The zero-order valence-electron chi connectivity index (χ0n) is 14.3. The van der Waals surface area contributed by atoms with Crippen LogP contribution >= 0.6 is 0 Å². The smallest absolute Gasteiger partial charge is 0.139 e. The Hall–Kier alpha value is -2.85. The van der Waals surface area contributed by atoms with Gasteiger partial charge in [-0.15, -0.1) is 0 Å². The monoisotopic (exact) mass is 349 g/mol. The zero-order chi connectivity index (χ0) is 17.9. The third-order valence-electron chi connectivity index (χ3n) is 4.65. The highest BCUT2D eigenvalue weighted by atomic mass is 19.1. The quantitative estimate of drug-likeness (QED) is 0.746. The van der Waals surface area contributed by atoms with Crippen molar-refractivity contribution in [1.82, 2.24) is 4.90 Å². The first kappa shape index (κ1) is 16.6. The van der Waals surface area contributed by atoms with Crippen LogP contribution in [0.25, 0.3) is 0 Å². The van der Waals surface area contributed by atoms with E-state index in [0.29, 0.717) is 18.7 Å². The summed E-state index contributed by atoms with van der Waals surface area (Å²) in [4.78, 5) is 2.25. The molecule has 0 radical (unpaired) electrons. The predicted molar refractivity (Wildman–Crippen MR) is 98.4 cm³/mol. The van der Waals surface area contributed by atoms with Gasteiger partial charge in [-0.25, -0.2) is 4.39 Å². The van der Waals surface area contributed by atoms with E-state index in [-0.39, 0.29) is 17.7 Å². The molecule has 3 aromatic rings. The van der Waals surface area contributed by atoms with Crippen LogP contribution in [0.4, 0.5) is 4.39 Å². The molecule has 3 aromatic carbocycles. The molecule has 0 spiro atoms. The molecule has 0 bridgehead atoms. The van der Waals surface area contributed by atoms with Gasteiger partial charge in [-0.05, 0) is 29.8 Å². The molecule has 0 fully saturated rings. The first-order valence-electron chi connectivity index (χ1n) is 8.68. The van der Waals surface area contributed by atoms with Crippen molar-refractivity contribution in [3.05, 3.63) is 95.3 Å². The highest BCUT2D eigenvalue weighted by Gasteiger charge is 2.26. The van der Waals surface area contributed by atoms with Crippen molar-refractivity contribution >= 4 is 0 Å². The molecule has 4 heteroatoms. The Kier molecular flexibility index (Phi) is 4.59. The minimum atomic E-state index is -0.378. The molecule has 4 rings (SSSR count). The number of rotatable bonds is 3. The molecule has 0 saturated heterocycles. The highest BCUT2D eigenvalue weighted by molar-refractivity contribution is 5.36. The summed E-state index contributed by atoms with van der Waals surface area (Å²) in [5.74, 6) is 0.804. The van der Waals surface area contributed by atoms with Crippen molar-refractivity contribution in [1.29, 1.82) is 0 Å². The van der Waals surface area contributed by atoms with Crippen LogP contribution in [0.2, 0.25) is 0 Å². The molecule has 1 atom stereocenters. The van der Waals surface area contributed by atoms with E-state index >= 15 is 0 Å². The fourth-order valence-electron chi connectivity index (χ4n) is 3.36. The third-order valence-corrected chi connectivity index (χ3v) is 4.65. The molecule has 0 amide bonds. The van der Waals surface area contributed by atoms with Gasteiger partial charge < -0.3 is 9.84 Å². The SMILES string of the molecule is Oc1ccc(CN2Cc3ccccc3OC(c3ccccc3F)C2)cc1. The van der Waals surface area contributed by atoms with Gasteiger partial charge in [0.2, 0.25) is 0 Å². The summed E-state index contributed by atoms with van der Waals surface area (Å²) in [6.45, 7) is 2.00. The lowest BCUT2D eigenvalue weighted by Gasteiger charge is -2.24. The van der Waals surface area contributed by atoms with Crippen molar-refractivity contribution in [2.75, 3.05) is 6.54 Å². The molecular formula is C22H20FNO2. The van der Waals surface area contributed by atoms with Crippen LogP contribution in [0.3, 0.4) is 0 Å². The maximum atomic E-state index is 14.4. The van der Waals surface area contributed by atoms with Crippen LogP contribution in [0, 0.1) is 5.82 Å². The molecule has 0 aliphatic carbocycles. The molecule has 0 aromatic heterocycles. The van der Waals surface area contributed by atoms with E-state index < -0.39 is 0 Å².